The van der Waals surface area contributed by atoms with Gasteiger partial charge in [-0.25, -0.2) is 4.79 Å². The molecule has 0 saturated heterocycles. The van der Waals surface area contributed by atoms with Crippen molar-refractivity contribution in [3.63, 3.8) is 0 Å². The summed E-state index contributed by atoms with van der Waals surface area (Å²) in [5, 5.41) is 10.3. The number of nitrogens with zero attached hydrogens (tertiary/aromatic N) is 3. The number of aromatic nitrogens is 1. The fourth-order valence-electron chi connectivity index (χ4n) is 2.47. The molecule has 132 valence electrons. The van der Waals surface area contributed by atoms with Crippen molar-refractivity contribution >= 4 is 23.6 Å². The van der Waals surface area contributed by atoms with Gasteiger partial charge in [-0.15, -0.1) is 0 Å². The average molecular weight is 342 g/mol. The zero-order valence-electron chi connectivity index (χ0n) is 14.8. The van der Waals surface area contributed by atoms with Crippen molar-refractivity contribution in [3.05, 3.63) is 53.9 Å². The van der Waals surface area contributed by atoms with Gasteiger partial charge < -0.3 is 9.64 Å². The minimum absolute atomic E-state index is 0.311. The summed E-state index contributed by atoms with van der Waals surface area (Å²) < 4.78 is 5.96. The summed E-state index contributed by atoms with van der Waals surface area (Å²) in [5.74, 6) is -0.410. The van der Waals surface area contributed by atoms with E-state index in [0.717, 1.165) is 23.5 Å². The number of rotatable bonds is 7. The van der Waals surface area contributed by atoms with Crippen molar-refractivity contribution in [2.45, 2.75) is 20.8 Å². The van der Waals surface area contributed by atoms with E-state index >= 15 is 0 Å². The molecule has 1 aromatic carbocycles. The normalized spacial score (nSPS) is 11.2. The predicted octanol–water partition coefficient (Wildman–Crippen LogP) is 3.26. The topological polar surface area (TPSA) is 65.7 Å². The van der Waals surface area contributed by atoms with Crippen molar-refractivity contribution in [1.29, 1.82) is 0 Å². The molecule has 2 rings (SSSR count). The SMILES string of the molecule is CCOC(=O)c1ccnc(C=[N+](O)c2ccc(N(CC)CC)cc2)c1. The van der Waals surface area contributed by atoms with E-state index in [0.29, 0.717) is 23.6 Å². The minimum Gasteiger partial charge on any atom is -0.462 e. The quantitative estimate of drug-likeness (QED) is 0.275. The maximum atomic E-state index is 11.8. The van der Waals surface area contributed by atoms with Crippen LogP contribution in [0.1, 0.15) is 36.8 Å². The summed E-state index contributed by atoms with van der Waals surface area (Å²) >= 11 is 0. The van der Waals surface area contributed by atoms with Crippen molar-refractivity contribution in [2.75, 3.05) is 24.6 Å². The highest BCUT2D eigenvalue weighted by Gasteiger charge is 2.12. The van der Waals surface area contributed by atoms with Crippen LogP contribution in [0.2, 0.25) is 0 Å². The Morgan fingerprint density at radius 3 is 2.48 bits per heavy atom. The van der Waals surface area contributed by atoms with Gasteiger partial charge in [0.1, 0.15) is 5.69 Å². The molecule has 1 N–H and O–H groups in total. The lowest BCUT2D eigenvalue weighted by molar-refractivity contribution is -0.709. The Hall–Kier alpha value is -2.89. The first-order valence-electron chi connectivity index (χ1n) is 8.40. The number of pyridine rings is 1. The van der Waals surface area contributed by atoms with Gasteiger partial charge in [0.2, 0.25) is 6.21 Å². The second-order valence-electron chi connectivity index (χ2n) is 5.35. The zero-order valence-corrected chi connectivity index (χ0v) is 14.8. The highest BCUT2D eigenvalue weighted by molar-refractivity contribution is 5.91. The van der Waals surface area contributed by atoms with Crippen LogP contribution in [-0.2, 0) is 4.74 Å². The first-order valence-corrected chi connectivity index (χ1v) is 8.40. The van der Waals surface area contributed by atoms with Crippen LogP contribution >= 0.6 is 0 Å². The minimum atomic E-state index is -0.410. The number of benzene rings is 1. The lowest BCUT2D eigenvalue weighted by Crippen LogP contribution is -2.21. The van der Waals surface area contributed by atoms with Crippen LogP contribution in [0.5, 0.6) is 0 Å². The molecule has 1 aromatic heterocycles. The summed E-state index contributed by atoms with van der Waals surface area (Å²) in [7, 11) is 0. The van der Waals surface area contributed by atoms with E-state index < -0.39 is 5.97 Å². The lowest BCUT2D eigenvalue weighted by atomic mass is 10.2. The van der Waals surface area contributed by atoms with Gasteiger partial charge in [-0.3, -0.25) is 10.2 Å². The van der Waals surface area contributed by atoms with E-state index in [2.05, 4.69) is 23.7 Å². The number of esters is 1. The molecule has 0 fully saturated rings. The molecular weight excluding hydrogens is 318 g/mol. The van der Waals surface area contributed by atoms with E-state index in [1.165, 1.54) is 12.4 Å². The van der Waals surface area contributed by atoms with E-state index in [9.17, 15) is 10.0 Å². The smallest absolute Gasteiger partial charge is 0.338 e. The highest BCUT2D eigenvalue weighted by atomic mass is 16.5. The third-order valence-corrected chi connectivity index (χ3v) is 3.79. The van der Waals surface area contributed by atoms with Gasteiger partial charge in [0.05, 0.1) is 12.2 Å². The maximum Gasteiger partial charge on any atom is 0.338 e. The van der Waals surface area contributed by atoms with E-state index in [1.54, 1.807) is 19.1 Å². The molecule has 0 aliphatic carbocycles. The second kappa shape index (κ2) is 8.82. The van der Waals surface area contributed by atoms with Gasteiger partial charge in [-0.2, -0.15) is 0 Å². The molecular formula is C19H24N3O3+. The Kier molecular flexibility index (Phi) is 6.51. The monoisotopic (exact) mass is 342 g/mol. The Balaban J connectivity index is 2.21. The molecule has 0 amide bonds. The van der Waals surface area contributed by atoms with Crippen molar-refractivity contribution < 1.29 is 19.5 Å². The van der Waals surface area contributed by atoms with E-state index in [1.807, 2.05) is 24.3 Å². The van der Waals surface area contributed by atoms with E-state index in [-0.39, 0.29) is 0 Å². The predicted molar refractivity (Wildman–Crippen MR) is 97.1 cm³/mol. The molecule has 0 bridgehead atoms. The van der Waals surface area contributed by atoms with Crippen LogP contribution in [-0.4, -0.2) is 46.8 Å². The molecule has 0 unspecified atom stereocenters. The fraction of sp³-hybridized carbons (Fsp3) is 0.316. The number of ether oxygens (including phenoxy) is 1. The molecule has 0 aliphatic rings. The third-order valence-electron chi connectivity index (χ3n) is 3.79. The van der Waals surface area contributed by atoms with Gasteiger partial charge in [0.15, 0.2) is 0 Å². The molecule has 0 atom stereocenters. The van der Waals surface area contributed by atoms with Crippen molar-refractivity contribution in [1.82, 2.24) is 4.98 Å². The molecule has 25 heavy (non-hydrogen) atoms. The molecule has 0 saturated carbocycles. The second-order valence-corrected chi connectivity index (χ2v) is 5.35. The Bertz CT molecular complexity index is 738. The van der Waals surface area contributed by atoms with Gasteiger partial charge in [-0.05, 0) is 45.0 Å². The molecule has 6 heteroatoms. The lowest BCUT2D eigenvalue weighted by Gasteiger charge is -2.20. The van der Waals surface area contributed by atoms with Crippen LogP contribution in [0.4, 0.5) is 11.4 Å². The average Bonchev–Trinajstić information content (AvgIpc) is 2.63. The van der Waals surface area contributed by atoms with Gasteiger partial charge in [0.25, 0.3) is 5.69 Å². The number of carbonyl (C=O) groups is 1. The van der Waals surface area contributed by atoms with Crippen molar-refractivity contribution in [3.8, 4) is 0 Å². The summed E-state index contributed by atoms with van der Waals surface area (Å²) in [4.78, 5) is 18.1. The molecule has 0 radical (unpaired) electrons. The fourth-order valence-corrected chi connectivity index (χ4v) is 2.47. The zero-order chi connectivity index (χ0) is 18.2. The molecule has 2 aromatic rings. The number of anilines is 1. The van der Waals surface area contributed by atoms with Crippen LogP contribution in [0.3, 0.4) is 0 Å². The summed E-state index contributed by atoms with van der Waals surface area (Å²) in [6.07, 6.45) is 2.96. The van der Waals surface area contributed by atoms with Crippen LogP contribution in [0.25, 0.3) is 0 Å². The molecule has 0 aliphatic heterocycles. The first kappa shape index (κ1) is 18.4. The molecule has 1 heterocycles. The van der Waals surface area contributed by atoms with Crippen molar-refractivity contribution in [2.24, 2.45) is 0 Å². The first-order chi connectivity index (χ1) is 12.1. The Morgan fingerprint density at radius 2 is 1.88 bits per heavy atom. The number of carbonyl (C=O) groups excluding carboxylic acids is 1. The maximum absolute atomic E-state index is 11.8. The summed E-state index contributed by atoms with van der Waals surface area (Å²) in [6, 6.07) is 10.7. The Morgan fingerprint density at radius 1 is 1.20 bits per heavy atom. The standard InChI is InChI=1S/C19H24N3O3/c1-4-21(5-2)17-7-9-18(10-8-17)22(24)14-16-13-15(11-12-20-16)19(23)25-6-3/h7-14,24H,4-6H2,1-3H3/q+1. The number of hydrogen-bond acceptors (Lipinski definition) is 5. The molecule has 6 nitrogen and oxygen atoms in total. The largest absolute Gasteiger partial charge is 0.462 e. The highest BCUT2D eigenvalue weighted by Crippen LogP contribution is 2.19. The van der Waals surface area contributed by atoms with Crippen LogP contribution < -0.4 is 4.90 Å². The summed E-state index contributed by atoms with van der Waals surface area (Å²) in [6.45, 7) is 8.12. The van der Waals surface area contributed by atoms with Gasteiger partial charge in [-0.1, -0.05) is 0 Å². The van der Waals surface area contributed by atoms with Crippen LogP contribution in [0.15, 0.2) is 42.6 Å². The number of hydrogen-bond donors (Lipinski definition) is 1. The van der Waals surface area contributed by atoms with Gasteiger partial charge in [0, 0.05) is 41.8 Å². The Labute approximate surface area is 148 Å². The summed E-state index contributed by atoms with van der Waals surface area (Å²) in [5.41, 5.74) is 2.57. The van der Waals surface area contributed by atoms with E-state index in [4.69, 9.17) is 4.74 Å². The van der Waals surface area contributed by atoms with Crippen LogP contribution in [0, 0.1) is 0 Å². The molecule has 0 spiro atoms. The third kappa shape index (κ3) is 4.79. The van der Waals surface area contributed by atoms with Gasteiger partial charge >= 0.3 is 5.97 Å².